The van der Waals surface area contributed by atoms with Crippen LogP contribution in [0.4, 0.5) is 0 Å². The maximum Gasteiger partial charge on any atom is 0.363 e. The fourth-order valence-electron chi connectivity index (χ4n) is 3.03. The molecule has 0 radical (unpaired) electrons. The normalized spacial score (nSPS) is 23.2. The van der Waals surface area contributed by atoms with Crippen molar-refractivity contribution in [1.82, 2.24) is 4.31 Å². The van der Waals surface area contributed by atoms with E-state index in [1.807, 2.05) is 6.07 Å². The van der Waals surface area contributed by atoms with Gasteiger partial charge in [0.2, 0.25) is 15.9 Å². The van der Waals surface area contributed by atoms with Gasteiger partial charge >= 0.3 is 5.97 Å². The maximum absolute atomic E-state index is 12.3. The van der Waals surface area contributed by atoms with E-state index in [1.165, 1.54) is 32.3 Å². The summed E-state index contributed by atoms with van der Waals surface area (Å²) in [4.78, 5) is 16.5. The van der Waals surface area contributed by atoms with Crippen LogP contribution in [-0.4, -0.2) is 38.7 Å². The van der Waals surface area contributed by atoms with Gasteiger partial charge in [0.05, 0.1) is 4.90 Å². The van der Waals surface area contributed by atoms with Crippen LogP contribution in [0.5, 0.6) is 0 Å². The number of hydrogen-bond donors (Lipinski definition) is 0. The molecule has 1 saturated carbocycles. The van der Waals surface area contributed by atoms with Crippen molar-refractivity contribution >= 4 is 28.0 Å². The van der Waals surface area contributed by atoms with Crippen molar-refractivity contribution in [3.05, 3.63) is 59.2 Å². The largest absolute Gasteiger partial charge is 0.461 e. The Balaban J connectivity index is 1.62. The van der Waals surface area contributed by atoms with Crippen LogP contribution in [-0.2, 0) is 19.6 Å². The molecule has 0 saturated heterocycles. The smallest absolute Gasteiger partial charge is 0.363 e. The second-order valence-electron chi connectivity index (χ2n) is 7.21. The second-order valence-corrected chi connectivity index (χ2v) is 9.36. The highest BCUT2D eigenvalue weighted by Gasteiger charge is 2.36. The van der Waals surface area contributed by atoms with Crippen LogP contribution in [0.15, 0.2) is 56.4 Å². The van der Waals surface area contributed by atoms with E-state index in [0.717, 1.165) is 16.5 Å². The molecule has 0 N–H and O–H groups in total. The number of ether oxygens (including phenoxy) is 1. The van der Waals surface area contributed by atoms with Gasteiger partial charge in [-0.3, -0.25) is 0 Å². The van der Waals surface area contributed by atoms with E-state index in [-0.39, 0.29) is 16.5 Å². The van der Waals surface area contributed by atoms with E-state index < -0.39 is 16.0 Å². The summed E-state index contributed by atoms with van der Waals surface area (Å²) in [5.41, 5.74) is 0.521. The minimum absolute atomic E-state index is 0.0645. The average molecular weight is 400 g/mol. The van der Waals surface area contributed by atoms with Gasteiger partial charge in [0.15, 0.2) is 5.70 Å². The Bertz CT molecular complexity index is 1110. The molecule has 0 bridgehead atoms. The lowest BCUT2D eigenvalue weighted by atomic mass is 10.2. The highest BCUT2D eigenvalue weighted by Crippen LogP contribution is 2.47. The number of benzene rings is 1. The third-order valence-corrected chi connectivity index (χ3v) is 6.69. The molecule has 1 aromatic carbocycles. The van der Waals surface area contributed by atoms with Crippen LogP contribution in [0, 0.1) is 5.92 Å². The fraction of sp³-hybridized carbons (Fsp3) is 0.300. The summed E-state index contributed by atoms with van der Waals surface area (Å²) >= 11 is 0. The molecule has 28 heavy (non-hydrogen) atoms. The zero-order valence-electron chi connectivity index (χ0n) is 15.7. The minimum Gasteiger partial charge on any atom is -0.461 e. The van der Waals surface area contributed by atoms with Crippen LogP contribution < -0.4 is 0 Å². The standard InChI is InChI=1S/C20H20N2O5S/c1-12-9-16(12)18-8-7-14(26-18)11-17-20(23)27-19(21-17)13-5-4-6-15(10-13)28(24,25)22(2)3/h4-8,10-12,16H,9H2,1-3H3/b17-11-/t12-,16+/m1/s1. The van der Waals surface area contributed by atoms with Crippen molar-refractivity contribution in [2.75, 3.05) is 14.1 Å². The predicted molar refractivity (Wildman–Crippen MR) is 103 cm³/mol. The third-order valence-electron chi connectivity index (χ3n) is 4.88. The number of aliphatic imine (C=N–C) groups is 1. The topological polar surface area (TPSA) is 89.2 Å². The number of esters is 1. The van der Waals surface area contributed by atoms with Crippen molar-refractivity contribution in [2.45, 2.75) is 24.2 Å². The van der Waals surface area contributed by atoms with Crippen LogP contribution in [0.3, 0.4) is 0 Å². The van der Waals surface area contributed by atoms with Crippen LogP contribution in [0.25, 0.3) is 6.08 Å². The first-order chi connectivity index (χ1) is 13.3. The molecule has 1 fully saturated rings. The molecule has 1 aliphatic carbocycles. The van der Waals surface area contributed by atoms with Crippen molar-refractivity contribution in [3.8, 4) is 0 Å². The number of hydrogen-bond acceptors (Lipinski definition) is 6. The summed E-state index contributed by atoms with van der Waals surface area (Å²) in [6.45, 7) is 2.17. The van der Waals surface area contributed by atoms with E-state index in [4.69, 9.17) is 9.15 Å². The zero-order chi connectivity index (χ0) is 20.1. The Kier molecular flexibility index (Phi) is 4.47. The molecule has 2 atom stereocenters. The summed E-state index contributed by atoms with van der Waals surface area (Å²) < 4.78 is 36.8. The molecule has 7 nitrogen and oxygen atoms in total. The van der Waals surface area contributed by atoms with Gasteiger partial charge in [-0.15, -0.1) is 0 Å². The molecule has 2 heterocycles. The van der Waals surface area contributed by atoms with E-state index in [2.05, 4.69) is 11.9 Å². The summed E-state index contributed by atoms with van der Waals surface area (Å²) in [6.07, 6.45) is 2.65. The summed E-state index contributed by atoms with van der Waals surface area (Å²) in [6, 6.07) is 9.86. The van der Waals surface area contributed by atoms with Gasteiger partial charge in [0, 0.05) is 31.7 Å². The number of rotatable bonds is 5. The van der Waals surface area contributed by atoms with Crippen molar-refractivity contribution in [3.63, 3.8) is 0 Å². The molecule has 2 aliphatic rings. The minimum atomic E-state index is -3.60. The SMILES string of the molecule is C[C@@H]1C[C@@H]1c1ccc(/C=C2\N=C(c3cccc(S(=O)(=O)N(C)C)c3)OC2=O)o1. The molecular formula is C20H20N2O5S. The lowest BCUT2D eigenvalue weighted by molar-refractivity contribution is -0.129. The predicted octanol–water partition coefficient (Wildman–Crippen LogP) is 3.00. The Hall–Kier alpha value is -2.71. The average Bonchev–Trinajstić information content (AvgIpc) is 3.04. The van der Waals surface area contributed by atoms with Gasteiger partial charge in [-0.05, 0) is 42.7 Å². The van der Waals surface area contributed by atoms with Gasteiger partial charge in [0.1, 0.15) is 11.5 Å². The molecule has 146 valence electrons. The van der Waals surface area contributed by atoms with Crippen LogP contribution in [0.2, 0.25) is 0 Å². The first-order valence-corrected chi connectivity index (χ1v) is 10.3. The van der Waals surface area contributed by atoms with E-state index in [9.17, 15) is 13.2 Å². The summed E-state index contributed by atoms with van der Waals surface area (Å²) in [5.74, 6) is 1.98. The zero-order valence-corrected chi connectivity index (χ0v) is 16.6. The van der Waals surface area contributed by atoms with Crippen molar-refractivity contribution < 1.29 is 22.4 Å². The lowest BCUT2D eigenvalue weighted by Gasteiger charge is -2.11. The molecular weight excluding hydrogens is 380 g/mol. The van der Waals surface area contributed by atoms with Gasteiger partial charge in [-0.25, -0.2) is 22.5 Å². The number of nitrogens with zero attached hydrogens (tertiary/aromatic N) is 2. The number of carbonyl (C=O) groups excluding carboxylic acids is 1. The highest BCUT2D eigenvalue weighted by molar-refractivity contribution is 7.89. The Morgan fingerprint density at radius 3 is 2.64 bits per heavy atom. The van der Waals surface area contributed by atoms with Gasteiger partial charge < -0.3 is 9.15 Å². The van der Waals surface area contributed by atoms with E-state index in [0.29, 0.717) is 23.2 Å². The molecule has 1 aliphatic heterocycles. The van der Waals surface area contributed by atoms with Crippen LogP contribution >= 0.6 is 0 Å². The number of cyclic esters (lactones) is 1. The Morgan fingerprint density at radius 1 is 1.21 bits per heavy atom. The lowest BCUT2D eigenvalue weighted by Crippen LogP contribution is -2.22. The quantitative estimate of drug-likeness (QED) is 0.569. The Morgan fingerprint density at radius 2 is 1.96 bits per heavy atom. The van der Waals surface area contributed by atoms with Gasteiger partial charge in [0.25, 0.3) is 0 Å². The first kappa shape index (κ1) is 18.6. The van der Waals surface area contributed by atoms with Gasteiger partial charge in [-0.1, -0.05) is 13.0 Å². The molecule has 4 rings (SSSR count). The second kappa shape index (κ2) is 6.72. The monoisotopic (exact) mass is 400 g/mol. The van der Waals surface area contributed by atoms with Crippen LogP contribution in [0.1, 0.15) is 36.3 Å². The first-order valence-electron chi connectivity index (χ1n) is 8.91. The van der Waals surface area contributed by atoms with E-state index >= 15 is 0 Å². The van der Waals surface area contributed by atoms with Crippen molar-refractivity contribution in [1.29, 1.82) is 0 Å². The molecule has 2 aromatic rings. The van der Waals surface area contributed by atoms with Crippen molar-refractivity contribution in [2.24, 2.45) is 10.9 Å². The maximum atomic E-state index is 12.3. The highest BCUT2D eigenvalue weighted by atomic mass is 32.2. The summed E-state index contributed by atoms with van der Waals surface area (Å²) in [7, 11) is -0.692. The third kappa shape index (κ3) is 3.41. The molecule has 1 aromatic heterocycles. The molecule has 0 spiro atoms. The molecule has 0 unspecified atom stereocenters. The summed E-state index contributed by atoms with van der Waals surface area (Å²) in [5, 5.41) is 0. The fourth-order valence-corrected chi connectivity index (χ4v) is 3.98. The molecule has 8 heteroatoms. The molecule has 0 amide bonds. The number of furan rings is 1. The Labute approximate surface area is 163 Å². The van der Waals surface area contributed by atoms with Gasteiger partial charge in [-0.2, -0.15) is 0 Å². The van der Waals surface area contributed by atoms with E-state index in [1.54, 1.807) is 18.2 Å². The number of carbonyl (C=O) groups is 1. The number of sulfonamides is 1.